The van der Waals surface area contributed by atoms with E-state index in [9.17, 15) is 9.59 Å². The number of urea groups is 1. The lowest BCUT2D eigenvalue weighted by atomic mass is 10.2. The van der Waals surface area contributed by atoms with E-state index in [1.807, 2.05) is 0 Å². The Bertz CT molecular complexity index is 668. The van der Waals surface area contributed by atoms with Crippen molar-refractivity contribution >= 4 is 33.6 Å². The molecular weight excluding hydrogens is 396 g/mol. The maximum Gasteiger partial charge on any atom is 0.327 e. The van der Waals surface area contributed by atoms with Gasteiger partial charge in [0.25, 0.3) is 5.91 Å². The van der Waals surface area contributed by atoms with Gasteiger partial charge in [-0.15, -0.1) is 0 Å². The zero-order valence-corrected chi connectivity index (χ0v) is 16.6. The number of carbonyl (C=O) groups excluding carboxylic acids is 2. The molecule has 7 heteroatoms. The Morgan fingerprint density at radius 2 is 1.96 bits per heavy atom. The van der Waals surface area contributed by atoms with E-state index in [1.165, 1.54) is 10.6 Å². The topological polar surface area (TPSA) is 48.3 Å². The average Bonchev–Trinajstić information content (AvgIpc) is 3.22. The zero-order chi connectivity index (χ0) is 18.1. The third kappa shape index (κ3) is 3.47. The lowest BCUT2D eigenvalue weighted by Crippen LogP contribution is -3.15. The number of rotatable bonds is 5. The minimum absolute atomic E-state index is 0.0296. The number of fused-ring (bicyclic) bond motifs is 1. The number of quaternary nitrogens is 1. The highest BCUT2D eigenvalue weighted by atomic mass is 79.9. The molecule has 3 heterocycles. The minimum Gasteiger partial charge on any atom is -0.360 e. The molecule has 140 valence electrons. The Hall–Kier alpha value is -1.60. The molecule has 0 saturated carbocycles. The van der Waals surface area contributed by atoms with E-state index < -0.39 is 0 Å². The normalized spacial score (nSPS) is 23.9. The number of piperazine rings is 1. The van der Waals surface area contributed by atoms with E-state index in [2.05, 4.69) is 45.1 Å². The quantitative estimate of drug-likeness (QED) is 0.720. The molecule has 0 bridgehead atoms. The average molecular weight is 422 g/mol. The summed E-state index contributed by atoms with van der Waals surface area (Å²) < 4.78 is 1.12. The monoisotopic (exact) mass is 421 g/mol. The summed E-state index contributed by atoms with van der Waals surface area (Å²) >= 11 is 3.54. The first-order chi connectivity index (χ1) is 12.6. The predicted octanol–water partition coefficient (Wildman–Crippen LogP) is 0.971. The molecule has 4 rings (SSSR count). The molecule has 0 aromatic heterocycles. The number of nitrogens with one attached hydrogen (secondary N) is 1. The Balaban J connectivity index is 1.22. The number of amides is 3. The maximum atomic E-state index is 12.4. The van der Waals surface area contributed by atoms with Crippen molar-refractivity contribution in [2.24, 2.45) is 0 Å². The molecule has 3 amide bonds. The highest BCUT2D eigenvalue weighted by Gasteiger charge is 2.46. The van der Waals surface area contributed by atoms with Gasteiger partial charge in [-0.1, -0.05) is 22.0 Å². The van der Waals surface area contributed by atoms with Gasteiger partial charge in [0.05, 0.1) is 32.7 Å². The predicted molar refractivity (Wildman–Crippen MR) is 103 cm³/mol. The van der Waals surface area contributed by atoms with Gasteiger partial charge >= 0.3 is 6.03 Å². The van der Waals surface area contributed by atoms with Gasteiger partial charge < -0.3 is 14.7 Å². The van der Waals surface area contributed by atoms with Crippen LogP contribution in [0, 0.1) is 0 Å². The van der Waals surface area contributed by atoms with E-state index >= 15 is 0 Å². The second-order valence-corrected chi connectivity index (χ2v) is 8.36. The molecule has 1 aromatic rings. The molecule has 1 aromatic carbocycles. The first-order valence-corrected chi connectivity index (χ1v) is 10.4. The lowest BCUT2D eigenvalue weighted by Gasteiger charge is -2.34. The molecule has 1 atom stereocenters. The van der Waals surface area contributed by atoms with Gasteiger partial charge in [-0.3, -0.25) is 9.69 Å². The van der Waals surface area contributed by atoms with Crippen molar-refractivity contribution in [1.82, 2.24) is 9.80 Å². The Labute approximate surface area is 162 Å². The van der Waals surface area contributed by atoms with Gasteiger partial charge in [0.2, 0.25) is 0 Å². The number of hydrogen-bond acceptors (Lipinski definition) is 3. The highest BCUT2D eigenvalue weighted by Crippen LogP contribution is 2.27. The molecule has 3 saturated heterocycles. The summed E-state index contributed by atoms with van der Waals surface area (Å²) in [6.45, 7) is 6.63. The summed E-state index contributed by atoms with van der Waals surface area (Å²) in [7, 11) is 0. The molecule has 26 heavy (non-hydrogen) atoms. The van der Waals surface area contributed by atoms with Crippen LogP contribution in [0.15, 0.2) is 28.7 Å². The minimum atomic E-state index is -0.163. The summed E-state index contributed by atoms with van der Waals surface area (Å²) in [5.74, 6) is 0.0296. The van der Waals surface area contributed by atoms with Crippen molar-refractivity contribution in [3.63, 3.8) is 0 Å². The van der Waals surface area contributed by atoms with Crippen molar-refractivity contribution in [2.75, 3.05) is 50.7 Å². The van der Waals surface area contributed by atoms with Crippen LogP contribution in [0.1, 0.15) is 19.3 Å². The molecular formula is C19H26BrN4O2+. The third-order valence-electron chi connectivity index (χ3n) is 5.84. The van der Waals surface area contributed by atoms with Crippen LogP contribution in [0.5, 0.6) is 0 Å². The van der Waals surface area contributed by atoms with E-state index in [0.29, 0.717) is 6.54 Å². The number of anilines is 1. The second-order valence-electron chi connectivity index (χ2n) is 7.44. The fourth-order valence-corrected chi connectivity index (χ4v) is 4.77. The molecule has 0 spiro atoms. The Kier molecular flexibility index (Phi) is 5.18. The Morgan fingerprint density at radius 1 is 1.15 bits per heavy atom. The summed E-state index contributed by atoms with van der Waals surface area (Å²) in [5.41, 5.74) is 1.27. The van der Waals surface area contributed by atoms with Crippen LogP contribution in [-0.2, 0) is 4.79 Å². The van der Waals surface area contributed by atoms with E-state index in [-0.39, 0.29) is 18.0 Å². The maximum absolute atomic E-state index is 12.4. The van der Waals surface area contributed by atoms with Gasteiger partial charge in [-0.05, 0) is 31.0 Å². The van der Waals surface area contributed by atoms with Crippen molar-refractivity contribution in [3.8, 4) is 0 Å². The summed E-state index contributed by atoms with van der Waals surface area (Å²) in [5, 5.41) is 0. The van der Waals surface area contributed by atoms with Crippen molar-refractivity contribution in [2.45, 2.75) is 25.3 Å². The number of imide groups is 1. The summed E-state index contributed by atoms with van der Waals surface area (Å²) in [4.78, 5) is 31.9. The molecule has 1 N–H and O–H groups in total. The molecule has 0 aliphatic carbocycles. The lowest BCUT2D eigenvalue weighted by molar-refractivity contribution is -0.900. The standard InChI is InChI=1S/C19H25BrN4O2/c20-15-4-1-5-16(14-15)22-12-10-21(11-13-22)7-3-9-24-18(25)17-6-2-8-23(17)19(24)26/h1,4-5,14,17H,2-3,6-13H2/p+1/t17-/m0/s1. The fourth-order valence-electron chi connectivity index (χ4n) is 4.38. The summed E-state index contributed by atoms with van der Waals surface area (Å²) in [6, 6.07) is 8.23. The number of hydrogen-bond donors (Lipinski definition) is 1. The van der Waals surface area contributed by atoms with Gasteiger partial charge in [0.15, 0.2) is 0 Å². The third-order valence-corrected chi connectivity index (χ3v) is 6.33. The van der Waals surface area contributed by atoms with Crippen LogP contribution in [0.25, 0.3) is 0 Å². The zero-order valence-electron chi connectivity index (χ0n) is 15.0. The van der Waals surface area contributed by atoms with Crippen molar-refractivity contribution in [3.05, 3.63) is 28.7 Å². The molecule has 6 nitrogen and oxygen atoms in total. The number of benzene rings is 1. The van der Waals surface area contributed by atoms with Crippen LogP contribution in [0.3, 0.4) is 0 Å². The van der Waals surface area contributed by atoms with Crippen LogP contribution in [0.4, 0.5) is 10.5 Å². The van der Waals surface area contributed by atoms with Crippen molar-refractivity contribution in [1.29, 1.82) is 0 Å². The number of nitrogens with zero attached hydrogens (tertiary/aromatic N) is 3. The smallest absolute Gasteiger partial charge is 0.327 e. The van der Waals surface area contributed by atoms with Crippen LogP contribution < -0.4 is 9.80 Å². The van der Waals surface area contributed by atoms with Crippen LogP contribution in [-0.4, -0.2) is 73.6 Å². The fraction of sp³-hybridized carbons (Fsp3) is 0.579. The molecule has 0 unspecified atom stereocenters. The molecule has 3 aliphatic heterocycles. The number of halogens is 1. The van der Waals surface area contributed by atoms with Gasteiger partial charge in [0, 0.05) is 29.7 Å². The van der Waals surface area contributed by atoms with Gasteiger partial charge in [0.1, 0.15) is 6.04 Å². The largest absolute Gasteiger partial charge is 0.360 e. The highest BCUT2D eigenvalue weighted by molar-refractivity contribution is 9.10. The van der Waals surface area contributed by atoms with Gasteiger partial charge in [-0.2, -0.15) is 0 Å². The summed E-state index contributed by atoms with van der Waals surface area (Å²) in [6.07, 6.45) is 2.69. The first kappa shape index (κ1) is 17.8. The van der Waals surface area contributed by atoms with Gasteiger partial charge in [-0.25, -0.2) is 4.79 Å². The molecule has 3 aliphatic rings. The second kappa shape index (κ2) is 7.56. The van der Waals surface area contributed by atoms with Crippen LogP contribution >= 0.6 is 15.9 Å². The van der Waals surface area contributed by atoms with Crippen LogP contribution in [0.2, 0.25) is 0 Å². The SMILES string of the molecule is O=C1[C@@H]2CCCN2C(=O)N1CCC[NH+]1CCN(c2cccc(Br)c2)CC1. The molecule has 0 radical (unpaired) electrons. The molecule has 3 fully saturated rings. The van der Waals surface area contributed by atoms with Crippen molar-refractivity contribution < 1.29 is 14.5 Å². The first-order valence-electron chi connectivity index (χ1n) is 9.59. The number of carbonyl (C=O) groups is 2. The van der Waals surface area contributed by atoms with E-state index in [1.54, 1.807) is 9.80 Å². The van der Waals surface area contributed by atoms with E-state index in [0.717, 1.165) is 63.0 Å². The Morgan fingerprint density at radius 3 is 2.69 bits per heavy atom. The van der Waals surface area contributed by atoms with E-state index in [4.69, 9.17) is 0 Å².